The molecule has 2 atom stereocenters. The Hall–Kier alpha value is -1.37. The Labute approximate surface area is 131 Å². The number of nitrogens with zero attached hydrogens (tertiary/aromatic N) is 1. The van der Waals surface area contributed by atoms with Gasteiger partial charge in [-0.1, -0.05) is 23.2 Å². The van der Waals surface area contributed by atoms with Gasteiger partial charge < -0.3 is 10.1 Å². The molecule has 1 heterocycles. The van der Waals surface area contributed by atoms with Gasteiger partial charge in [-0.25, -0.2) is 0 Å². The average molecular weight is 333 g/mol. The molecule has 1 aliphatic rings. The number of rotatable bonds is 4. The predicted octanol–water partition coefficient (Wildman–Crippen LogP) is 3.06. The van der Waals surface area contributed by atoms with Crippen molar-refractivity contribution in [3.8, 4) is 0 Å². The zero-order valence-corrected chi connectivity index (χ0v) is 12.8. The first-order valence-electron chi connectivity index (χ1n) is 6.43. The van der Waals surface area contributed by atoms with Crippen molar-refractivity contribution in [1.82, 2.24) is 5.32 Å². The summed E-state index contributed by atoms with van der Waals surface area (Å²) in [5.74, 6) is -0.258. The zero-order valence-electron chi connectivity index (χ0n) is 11.3. The number of hydrogen-bond acceptors (Lipinski definition) is 4. The van der Waals surface area contributed by atoms with Crippen LogP contribution in [0.1, 0.15) is 23.7 Å². The highest BCUT2D eigenvalue weighted by atomic mass is 35.5. The minimum absolute atomic E-state index is 0.00225. The number of benzene rings is 1. The van der Waals surface area contributed by atoms with Gasteiger partial charge in [0.2, 0.25) is 0 Å². The molecule has 1 amide bonds. The van der Waals surface area contributed by atoms with Crippen molar-refractivity contribution in [2.45, 2.75) is 19.4 Å². The van der Waals surface area contributed by atoms with Crippen molar-refractivity contribution in [3.63, 3.8) is 0 Å². The van der Waals surface area contributed by atoms with Crippen LogP contribution in [0.5, 0.6) is 0 Å². The monoisotopic (exact) mass is 332 g/mol. The summed E-state index contributed by atoms with van der Waals surface area (Å²) in [5.41, 5.74) is -0.269. The summed E-state index contributed by atoms with van der Waals surface area (Å²) < 4.78 is 5.41. The molecule has 0 spiro atoms. The normalized spacial score (nSPS) is 21.3. The fourth-order valence-corrected chi connectivity index (χ4v) is 2.62. The molecule has 114 valence electrons. The van der Waals surface area contributed by atoms with Crippen LogP contribution in [0.25, 0.3) is 0 Å². The number of halogens is 2. The van der Waals surface area contributed by atoms with Gasteiger partial charge in [-0.2, -0.15) is 0 Å². The van der Waals surface area contributed by atoms with Crippen LogP contribution in [0, 0.1) is 16.0 Å². The minimum atomic E-state index is -0.619. The van der Waals surface area contributed by atoms with E-state index >= 15 is 0 Å². The minimum Gasteiger partial charge on any atom is -0.378 e. The molecule has 1 aromatic rings. The van der Waals surface area contributed by atoms with Crippen molar-refractivity contribution in [2.24, 2.45) is 5.92 Å². The second kappa shape index (κ2) is 6.60. The van der Waals surface area contributed by atoms with Crippen LogP contribution in [0.2, 0.25) is 10.0 Å². The number of ether oxygens (including phenoxy) is 1. The van der Waals surface area contributed by atoms with Crippen LogP contribution >= 0.6 is 23.2 Å². The Morgan fingerprint density at radius 3 is 2.81 bits per heavy atom. The molecule has 2 rings (SSSR count). The molecule has 1 aromatic carbocycles. The summed E-state index contributed by atoms with van der Waals surface area (Å²) in [6.07, 6.45) is 0.944. The van der Waals surface area contributed by atoms with E-state index in [0.29, 0.717) is 13.2 Å². The van der Waals surface area contributed by atoms with E-state index in [1.807, 2.05) is 6.92 Å². The van der Waals surface area contributed by atoms with Gasteiger partial charge >= 0.3 is 0 Å². The largest absolute Gasteiger partial charge is 0.378 e. The molecule has 2 unspecified atom stereocenters. The van der Waals surface area contributed by atoms with E-state index in [4.69, 9.17) is 27.9 Å². The van der Waals surface area contributed by atoms with E-state index in [0.717, 1.165) is 18.6 Å². The standard InChI is InChI=1S/C13H14Cl2N2O4/c1-7-8(2-3-21-7)6-16-13(18)10-4-9(17(19)20)5-11(14)12(10)15/h4-5,7-8H,2-3,6H2,1H3,(H,16,18). The van der Waals surface area contributed by atoms with Gasteiger partial charge in [0.1, 0.15) is 0 Å². The summed E-state index contributed by atoms with van der Waals surface area (Å²) in [5, 5.41) is 13.5. The highest BCUT2D eigenvalue weighted by Gasteiger charge is 2.25. The third-order valence-corrected chi connectivity index (χ3v) is 4.33. The molecular formula is C13H14Cl2N2O4. The van der Waals surface area contributed by atoms with E-state index in [1.54, 1.807) is 0 Å². The lowest BCUT2D eigenvalue weighted by atomic mass is 10.0. The zero-order chi connectivity index (χ0) is 15.6. The average Bonchev–Trinajstić information content (AvgIpc) is 2.84. The van der Waals surface area contributed by atoms with E-state index in [-0.39, 0.29) is 33.3 Å². The van der Waals surface area contributed by atoms with Crippen LogP contribution in [-0.4, -0.2) is 30.1 Å². The van der Waals surface area contributed by atoms with Gasteiger partial charge in [0.25, 0.3) is 11.6 Å². The number of non-ortho nitro benzene ring substituents is 1. The smallest absolute Gasteiger partial charge is 0.271 e. The second-order valence-corrected chi connectivity index (χ2v) is 5.67. The first-order valence-corrected chi connectivity index (χ1v) is 7.19. The van der Waals surface area contributed by atoms with Crippen molar-refractivity contribution in [1.29, 1.82) is 0 Å². The first-order chi connectivity index (χ1) is 9.90. The summed E-state index contributed by atoms with van der Waals surface area (Å²) in [7, 11) is 0. The third kappa shape index (κ3) is 3.64. The number of nitro groups is 1. The topological polar surface area (TPSA) is 81.5 Å². The predicted molar refractivity (Wildman–Crippen MR) is 79.0 cm³/mol. The number of nitro benzene ring substituents is 1. The first kappa shape index (κ1) is 16.0. The molecule has 1 saturated heterocycles. The summed E-state index contributed by atoms with van der Waals surface area (Å²) in [6, 6.07) is 2.24. The third-order valence-electron chi connectivity index (χ3n) is 3.53. The molecule has 0 bridgehead atoms. The molecule has 0 saturated carbocycles. The molecule has 6 nitrogen and oxygen atoms in total. The number of carbonyl (C=O) groups excluding carboxylic acids is 1. The van der Waals surface area contributed by atoms with Crippen molar-refractivity contribution < 1.29 is 14.5 Å². The van der Waals surface area contributed by atoms with Crippen LogP contribution in [0.3, 0.4) is 0 Å². The molecule has 0 aliphatic carbocycles. The van der Waals surface area contributed by atoms with Gasteiger partial charge in [0, 0.05) is 31.2 Å². The molecule has 0 radical (unpaired) electrons. The molecule has 1 N–H and O–H groups in total. The number of carbonyl (C=O) groups is 1. The van der Waals surface area contributed by atoms with Crippen molar-refractivity contribution in [3.05, 3.63) is 37.9 Å². The number of nitrogens with one attached hydrogen (secondary N) is 1. The second-order valence-electron chi connectivity index (χ2n) is 4.88. The Morgan fingerprint density at radius 2 is 2.24 bits per heavy atom. The maximum Gasteiger partial charge on any atom is 0.271 e. The van der Waals surface area contributed by atoms with Gasteiger partial charge in [0.05, 0.1) is 26.6 Å². The lowest BCUT2D eigenvalue weighted by molar-refractivity contribution is -0.384. The molecule has 21 heavy (non-hydrogen) atoms. The fourth-order valence-electron chi connectivity index (χ4n) is 2.21. The quantitative estimate of drug-likeness (QED) is 0.678. The fraction of sp³-hybridized carbons (Fsp3) is 0.462. The van der Waals surface area contributed by atoms with Crippen LogP contribution in [0.15, 0.2) is 12.1 Å². The Kier molecular flexibility index (Phi) is 5.03. The Morgan fingerprint density at radius 1 is 1.52 bits per heavy atom. The Balaban J connectivity index is 2.13. The maximum atomic E-state index is 12.1. The molecule has 1 aliphatic heterocycles. The van der Waals surface area contributed by atoms with Crippen LogP contribution in [0.4, 0.5) is 5.69 Å². The van der Waals surface area contributed by atoms with Gasteiger partial charge in [0.15, 0.2) is 0 Å². The van der Waals surface area contributed by atoms with Crippen LogP contribution < -0.4 is 5.32 Å². The SMILES string of the molecule is CC1OCCC1CNC(=O)c1cc([N+](=O)[O-])cc(Cl)c1Cl. The summed E-state index contributed by atoms with van der Waals surface area (Å²) >= 11 is 11.8. The van der Waals surface area contributed by atoms with Gasteiger partial charge in [-0.05, 0) is 13.3 Å². The lowest BCUT2D eigenvalue weighted by Crippen LogP contribution is -2.32. The molecular weight excluding hydrogens is 319 g/mol. The maximum absolute atomic E-state index is 12.1. The lowest BCUT2D eigenvalue weighted by Gasteiger charge is -2.15. The van der Waals surface area contributed by atoms with Crippen molar-refractivity contribution >= 4 is 34.8 Å². The highest BCUT2D eigenvalue weighted by molar-refractivity contribution is 6.44. The molecule has 8 heteroatoms. The molecule has 1 fully saturated rings. The van der Waals surface area contributed by atoms with Gasteiger partial charge in [-0.3, -0.25) is 14.9 Å². The van der Waals surface area contributed by atoms with Crippen LogP contribution in [-0.2, 0) is 4.74 Å². The van der Waals surface area contributed by atoms with Crippen molar-refractivity contribution in [2.75, 3.05) is 13.2 Å². The van der Waals surface area contributed by atoms with E-state index in [1.165, 1.54) is 0 Å². The van der Waals surface area contributed by atoms with Gasteiger partial charge in [-0.15, -0.1) is 0 Å². The Bertz CT molecular complexity index is 580. The summed E-state index contributed by atoms with van der Waals surface area (Å²) in [6.45, 7) is 3.04. The molecule has 0 aromatic heterocycles. The number of amides is 1. The van der Waals surface area contributed by atoms with E-state index in [9.17, 15) is 14.9 Å². The number of hydrogen-bond donors (Lipinski definition) is 1. The van der Waals surface area contributed by atoms with E-state index < -0.39 is 10.8 Å². The highest BCUT2D eigenvalue weighted by Crippen LogP contribution is 2.31. The summed E-state index contributed by atoms with van der Waals surface area (Å²) in [4.78, 5) is 22.3. The van der Waals surface area contributed by atoms with E-state index in [2.05, 4.69) is 5.32 Å².